The van der Waals surface area contributed by atoms with Crippen LogP contribution in [0.5, 0.6) is 0 Å². The third kappa shape index (κ3) is 3.37. The Morgan fingerprint density at radius 2 is 1.67 bits per heavy atom. The Morgan fingerprint density at radius 1 is 0.857 bits per heavy atom. The number of amides is 2. The average Bonchev–Trinajstić information content (AvgIpc) is 3.09. The summed E-state index contributed by atoms with van der Waals surface area (Å²) < 4.78 is 10.8. The molecule has 0 saturated carbocycles. The monoisotopic (exact) mass is 296 g/mol. The Hall–Kier alpha value is -1.14. The van der Waals surface area contributed by atoms with E-state index in [9.17, 15) is 9.59 Å². The lowest BCUT2D eigenvalue weighted by molar-refractivity contribution is -0.147. The number of carbonyl (C=O) groups is 2. The lowest BCUT2D eigenvalue weighted by Crippen LogP contribution is -2.51. The Morgan fingerprint density at radius 3 is 2.38 bits per heavy atom. The molecule has 21 heavy (non-hydrogen) atoms. The van der Waals surface area contributed by atoms with Gasteiger partial charge in [-0.15, -0.1) is 0 Å². The minimum absolute atomic E-state index is 0.0535. The number of ether oxygens (including phenoxy) is 2. The number of carbonyl (C=O) groups excluding carboxylic acids is 2. The molecule has 6 heteroatoms. The van der Waals surface area contributed by atoms with E-state index in [-0.39, 0.29) is 23.8 Å². The van der Waals surface area contributed by atoms with Crippen molar-refractivity contribution in [1.82, 2.24) is 9.80 Å². The van der Waals surface area contributed by atoms with Gasteiger partial charge in [-0.1, -0.05) is 0 Å². The summed E-state index contributed by atoms with van der Waals surface area (Å²) in [5.41, 5.74) is 0. The van der Waals surface area contributed by atoms with Crippen molar-refractivity contribution >= 4 is 11.8 Å². The molecule has 3 aliphatic rings. The van der Waals surface area contributed by atoms with Crippen LogP contribution in [0.1, 0.15) is 25.7 Å². The van der Waals surface area contributed by atoms with Gasteiger partial charge in [-0.05, 0) is 25.7 Å². The molecular formula is C15H24N2O4. The summed E-state index contributed by atoms with van der Waals surface area (Å²) in [5.74, 6) is 0.206. The highest BCUT2D eigenvalue weighted by molar-refractivity contribution is 5.83. The topological polar surface area (TPSA) is 59.1 Å². The smallest absolute Gasteiger partial charge is 0.251 e. The van der Waals surface area contributed by atoms with Gasteiger partial charge in [0, 0.05) is 32.8 Å². The Labute approximate surface area is 125 Å². The number of rotatable bonds is 2. The highest BCUT2D eigenvalue weighted by Crippen LogP contribution is 2.22. The van der Waals surface area contributed by atoms with Crippen molar-refractivity contribution in [2.24, 2.45) is 5.92 Å². The molecule has 0 aromatic carbocycles. The van der Waals surface area contributed by atoms with Crippen LogP contribution in [0.2, 0.25) is 0 Å². The maximum atomic E-state index is 12.5. The number of hydrogen-bond donors (Lipinski definition) is 0. The van der Waals surface area contributed by atoms with Gasteiger partial charge in [0.05, 0.1) is 19.1 Å². The zero-order chi connectivity index (χ0) is 14.7. The van der Waals surface area contributed by atoms with Crippen LogP contribution in [-0.2, 0) is 19.1 Å². The van der Waals surface area contributed by atoms with E-state index in [1.165, 1.54) is 0 Å². The summed E-state index contributed by atoms with van der Waals surface area (Å²) in [4.78, 5) is 28.7. The molecule has 2 amide bonds. The summed E-state index contributed by atoms with van der Waals surface area (Å²) in [7, 11) is 0. The largest absolute Gasteiger partial charge is 0.378 e. The second-order valence-electron chi connectivity index (χ2n) is 6.06. The van der Waals surface area contributed by atoms with Crippen LogP contribution in [0, 0.1) is 5.92 Å². The molecule has 118 valence electrons. The summed E-state index contributed by atoms with van der Waals surface area (Å²) in [6, 6.07) is 0. The number of morpholine rings is 1. The molecule has 0 aromatic heterocycles. The summed E-state index contributed by atoms with van der Waals surface area (Å²) in [5, 5.41) is 0. The molecule has 0 spiro atoms. The van der Waals surface area contributed by atoms with Crippen LogP contribution in [0.4, 0.5) is 0 Å². The fraction of sp³-hybridized carbons (Fsp3) is 0.867. The van der Waals surface area contributed by atoms with E-state index in [0.29, 0.717) is 39.5 Å². The van der Waals surface area contributed by atoms with Crippen molar-refractivity contribution in [2.45, 2.75) is 31.8 Å². The third-order valence-corrected chi connectivity index (χ3v) is 4.61. The van der Waals surface area contributed by atoms with Gasteiger partial charge in [-0.25, -0.2) is 0 Å². The van der Waals surface area contributed by atoms with Crippen LogP contribution in [0.3, 0.4) is 0 Å². The second kappa shape index (κ2) is 6.75. The van der Waals surface area contributed by atoms with Crippen molar-refractivity contribution in [3.8, 4) is 0 Å². The van der Waals surface area contributed by atoms with Crippen molar-refractivity contribution < 1.29 is 19.1 Å². The lowest BCUT2D eigenvalue weighted by Gasteiger charge is -2.36. The number of likely N-dealkylation sites (tertiary alicyclic amines) is 1. The molecule has 1 unspecified atom stereocenters. The molecule has 0 aliphatic carbocycles. The van der Waals surface area contributed by atoms with Crippen LogP contribution < -0.4 is 0 Å². The zero-order valence-corrected chi connectivity index (χ0v) is 12.5. The highest BCUT2D eigenvalue weighted by Gasteiger charge is 2.35. The van der Waals surface area contributed by atoms with E-state index in [2.05, 4.69) is 0 Å². The van der Waals surface area contributed by atoms with Crippen molar-refractivity contribution in [1.29, 1.82) is 0 Å². The number of nitrogens with zero attached hydrogens (tertiary/aromatic N) is 2. The quantitative estimate of drug-likeness (QED) is 0.733. The molecular weight excluding hydrogens is 272 g/mol. The standard InChI is InChI=1S/C15H24N2O4/c18-14(16-6-9-20-10-7-16)12-3-1-5-17(11-12)15(19)13-4-2-8-21-13/h12-13H,1-11H2/t12?,13-/m1/s1. The van der Waals surface area contributed by atoms with Crippen molar-refractivity contribution in [3.63, 3.8) is 0 Å². The highest BCUT2D eigenvalue weighted by atomic mass is 16.5. The SMILES string of the molecule is O=C(C1CCCN(C(=O)[C@H]2CCCO2)C1)N1CCOCC1. The Balaban J connectivity index is 1.57. The van der Waals surface area contributed by atoms with Gasteiger partial charge < -0.3 is 19.3 Å². The van der Waals surface area contributed by atoms with E-state index in [4.69, 9.17) is 9.47 Å². The average molecular weight is 296 g/mol. The first-order chi connectivity index (χ1) is 10.3. The van der Waals surface area contributed by atoms with E-state index in [1.54, 1.807) is 0 Å². The fourth-order valence-electron chi connectivity index (χ4n) is 3.40. The minimum Gasteiger partial charge on any atom is -0.378 e. The predicted molar refractivity (Wildman–Crippen MR) is 75.7 cm³/mol. The van der Waals surface area contributed by atoms with Gasteiger partial charge in [0.25, 0.3) is 5.91 Å². The summed E-state index contributed by atoms with van der Waals surface area (Å²) in [6.07, 6.45) is 3.28. The molecule has 0 N–H and O–H groups in total. The second-order valence-corrected chi connectivity index (χ2v) is 6.06. The maximum Gasteiger partial charge on any atom is 0.251 e. The number of piperidine rings is 1. The zero-order valence-electron chi connectivity index (χ0n) is 12.5. The third-order valence-electron chi connectivity index (χ3n) is 4.61. The molecule has 3 aliphatic heterocycles. The first-order valence-electron chi connectivity index (χ1n) is 8.02. The van der Waals surface area contributed by atoms with Gasteiger partial charge in [0.15, 0.2) is 0 Å². The van der Waals surface area contributed by atoms with Crippen LogP contribution in [0.25, 0.3) is 0 Å². The lowest BCUT2D eigenvalue weighted by atomic mass is 9.95. The van der Waals surface area contributed by atoms with Crippen LogP contribution in [0.15, 0.2) is 0 Å². The predicted octanol–water partition coefficient (Wildman–Crippen LogP) is 0.263. The maximum absolute atomic E-state index is 12.5. The molecule has 0 bridgehead atoms. The number of hydrogen-bond acceptors (Lipinski definition) is 4. The molecule has 0 aromatic rings. The molecule has 3 saturated heterocycles. The van der Waals surface area contributed by atoms with E-state index in [1.807, 2.05) is 9.80 Å². The van der Waals surface area contributed by atoms with Gasteiger partial charge in [-0.3, -0.25) is 9.59 Å². The first-order valence-corrected chi connectivity index (χ1v) is 8.02. The summed E-state index contributed by atoms with van der Waals surface area (Å²) in [6.45, 7) is 4.58. The normalized spacial score (nSPS) is 30.5. The molecule has 3 heterocycles. The van der Waals surface area contributed by atoms with E-state index >= 15 is 0 Å². The van der Waals surface area contributed by atoms with Crippen molar-refractivity contribution in [3.05, 3.63) is 0 Å². The van der Waals surface area contributed by atoms with Gasteiger partial charge in [-0.2, -0.15) is 0 Å². The van der Waals surface area contributed by atoms with E-state index < -0.39 is 0 Å². The van der Waals surface area contributed by atoms with E-state index in [0.717, 1.165) is 32.2 Å². The summed E-state index contributed by atoms with van der Waals surface area (Å²) >= 11 is 0. The molecule has 6 nitrogen and oxygen atoms in total. The van der Waals surface area contributed by atoms with Crippen molar-refractivity contribution in [2.75, 3.05) is 46.0 Å². The first kappa shape index (κ1) is 14.8. The molecule has 2 atom stereocenters. The molecule has 3 fully saturated rings. The minimum atomic E-state index is -0.276. The van der Waals surface area contributed by atoms with Gasteiger partial charge >= 0.3 is 0 Å². The van der Waals surface area contributed by atoms with Crippen LogP contribution >= 0.6 is 0 Å². The molecule has 0 radical (unpaired) electrons. The fourth-order valence-corrected chi connectivity index (χ4v) is 3.40. The van der Waals surface area contributed by atoms with Crippen LogP contribution in [-0.4, -0.2) is 73.7 Å². The Bertz CT molecular complexity index is 389. The Kier molecular flexibility index (Phi) is 4.75. The van der Waals surface area contributed by atoms with Gasteiger partial charge in [0.1, 0.15) is 6.10 Å². The molecule has 3 rings (SSSR count). The van der Waals surface area contributed by atoms with Gasteiger partial charge in [0.2, 0.25) is 5.91 Å².